The Morgan fingerprint density at radius 3 is 2.58 bits per heavy atom. The Morgan fingerprint density at radius 1 is 0.944 bits per heavy atom. The van der Waals surface area contributed by atoms with Gasteiger partial charge in [-0.3, -0.25) is 24.3 Å². The first kappa shape index (κ1) is 21.9. The zero-order chi connectivity index (χ0) is 24.6. The molecule has 0 saturated heterocycles. The van der Waals surface area contributed by atoms with E-state index in [0.717, 1.165) is 6.20 Å². The van der Waals surface area contributed by atoms with Crippen LogP contribution in [0.5, 0.6) is 0 Å². The van der Waals surface area contributed by atoms with Gasteiger partial charge in [0.25, 0.3) is 5.91 Å². The highest BCUT2D eigenvalue weighted by Gasteiger charge is 2.36. The molecule has 1 fully saturated rings. The van der Waals surface area contributed by atoms with Crippen molar-refractivity contribution in [2.24, 2.45) is 0 Å². The number of nitrogens with zero attached hydrogens (tertiary/aromatic N) is 6. The van der Waals surface area contributed by atoms with E-state index in [9.17, 15) is 13.6 Å². The van der Waals surface area contributed by atoms with Crippen molar-refractivity contribution in [3.05, 3.63) is 96.2 Å². The van der Waals surface area contributed by atoms with Crippen molar-refractivity contribution in [3.63, 3.8) is 0 Å². The molecule has 1 aliphatic carbocycles. The molecule has 4 heterocycles. The SMILES string of the molecule is O=C(NC1CC(c2nnc(-c3ccccn3)n2-c2ccccc2F)C1)c1ccnc2cc(F)cnc12. The summed E-state index contributed by atoms with van der Waals surface area (Å²) in [4.78, 5) is 25.4. The second-order valence-corrected chi connectivity index (χ2v) is 8.60. The highest BCUT2D eigenvalue weighted by Crippen LogP contribution is 2.39. The third-order valence-electron chi connectivity index (χ3n) is 6.30. The quantitative estimate of drug-likeness (QED) is 0.402. The van der Waals surface area contributed by atoms with Crippen LogP contribution in [0.3, 0.4) is 0 Å². The molecule has 8 nitrogen and oxygen atoms in total. The van der Waals surface area contributed by atoms with Crippen molar-refractivity contribution in [1.29, 1.82) is 0 Å². The average Bonchev–Trinajstić information content (AvgIpc) is 3.30. The maximum absolute atomic E-state index is 14.8. The molecule has 0 atom stereocenters. The summed E-state index contributed by atoms with van der Waals surface area (Å²) in [6.45, 7) is 0. The van der Waals surface area contributed by atoms with E-state index >= 15 is 0 Å². The molecule has 1 aliphatic rings. The third-order valence-corrected chi connectivity index (χ3v) is 6.30. The van der Waals surface area contributed by atoms with E-state index in [1.54, 1.807) is 47.2 Å². The smallest absolute Gasteiger partial charge is 0.253 e. The molecule has 1 saturated carbocycles. The molecule has 6 rings (SSSR count). The number of hydrogen-bond donors (Lipinski definition) is 1. The predicted molar refractivity (Wildman–Crippen MR) is 127 cm³/mol. The fraction of sp³-hybridized carbons (Fsp3) is 0.154. The Labute approximate surface area is 204 Å². The minimum absolute atomic E-state index is 0.0405. The lowest BCUT2D eigenvalue weighted by atomic mass is 9.79. The molecule has 0 bridgehead atoms. The second kappa shape index (κ2) is 8.88. The van der Waals surface area contributed by atoms with Crippen LogP contribution in [0.1, 0.15) is 34.9 Å². The Balaban J connectivity index is 1.25. The van der Waals surface area contributed by atoms with Gasteiger partial charge in [-0.2, -0.15) is 0 Å². The van der Waals surface area contributed by atoms with Crippen molar-refractivity contribution in [2.75, 3.05) is 0 Å². The zero-order valence-electron chi connectivity index (χ0n) is 18.8. The van der Waals surface area contributed by atoms with E-state index in [0.29, 0.717) is 52.5 Å². The largest absolute Gasteiger partial charge is 0.349 e. The fourth-order valence-corrected chi connectivity index (χ4v) is 4.49. The number of nitrogens with one attached hydrogen (secondary N) is 1. The van der Waals surface area contributed by atoms with Gasteiger partial charge in [0.15, 0.2) is 5.82 Å². The van der Waals surface area contributed by atoms with Gasteiger partial charge in [0, 0.05) is 30.4 Å². The Kier molecular flexibility index (Phi) is 5.40. The van der Waals surface area contributed by atoms with Gasteiger partial charge in [-0.05, 0) is 43.2 Å². The van der Waals surface area contributed by atoms with E-state index in [1.807, 2.05) is 6.07 Å². The number of rotatable bonds is 5. The van der Waals surface area contributed by atoms with Gasteiger partial charge in [0.2, 0.25) is 0 Å². The minimum atomic E-state index is -0.515. The number of benzene rings is 1. The normalized spacial score (nSPS) is 17.1. The van der Waals surface area contributed by atoms with E-state index in [1.165, 1.54) is 18.3 Å². The number of aromatic nitrogens is 6. The van der Waals surface area contributed by atoms with E-state index in [4.69, 9.17) is 0 Å². The van der Waals surface area contributed by atoms with Crippen molar-refractivity contribution in [1.82, 2.24) is 35.0 Å². The highest BCUT2D eigenvalue weighted by atomic mass is 19.1. The lowest BCUT2D eigenvalue weighted by Crippen LogP contribution is -2.44. The van der Waals surface area contributed by atoms with Crippen LogP contribution in [0.2, 0.25) is 0 Å². The minimum Gasteiger partial charge on any atom is -0.349 e. The van der Waals surface area contributed by atoms with Crippen molar-refractivity contribution >= 4 is 16.9 Å². The molecule has 1 N–H and O–H groups in total. The maximum Gasteiger partial charge on any atom is 0.253 e. The predicted octanol–water partition coefficient (Wildman–Crippen LogP) is 4.23. The Bertz CT molecular complexity index is 1580. The first-order valence-electron chi connectivity index (χ1n) is 11.4. The molecular weight excluding hydrogens is 464 g/mol. The Morgan fingerprint density at radius 2 is 1.78 bits per heavy atom. The molecule has 0 unspecified atom stereocenters. The van der Waals surface area contributed by atoms with Crippen molar-refractivity contribution in [3.8, 4) is 17.2 Å². The molecule has 10 heteroatoms. The number of fused-ring (bicyclic) bond motifs is 1. The summed E-state index contributed by atoms with van der Waals surface area (Å²) >= 11 is 0. The zero-order valence-corrected chi connectivity index (χ0v) is 18.8. The highest BCUT2D eigenvalue weighted by molar-refractivity contribution is 6.04. The number of hydrogen-bond acceptors (Lipinski definition) is 6. The third kappa shape index (κ3) is 3.86. The topological polar surface area (TPSA) is 98.5 Å². The van der Waals surface area contributed by atoms with E-state index in [-0.39, 0.29) is 17.9 Å². The van der Waals surface area contributed by atoms with Gasteiger partial charge in [-0.25, -0.2) is 8.78 Å². The molecule has 0 spiro atoms. The Hall–Kier alpha value is -4.60. The van der Waals surface area contributed by atoms with Crippen molar-refractivity contribution < 1.29 is 13.6 Å². The summed E-state index contributed by atoms with van der Waals surface area (Å²) in [6, 6.07) is 14.6. The molecule has 4 aromatic heterocycles. The van der Waals surface area contributed by atoms with Crippen LogP contribution in [0.4, 0.5) is 8.78 Å². The van der Waals surface area contributed by atoms with Gasteiger partial charge in [-0.15, -0.1) is 10.2 Å². The van der Waals surface area contributed by atoms with Crippen LogP contribution >= 0.6 is 0 Å². The molecule has 0 aliphatic heterocycles. The molecule has 1 aromatic carbocycles. The maximum atomic E-state index is 14.8. The number of pyridine rings is 3. The summed E-state index contributed by atoms with van der Waals surface area (Å²) in [6.07, 6.45) is 5.38. The molecular formula is C26H19F2N7O. The van der Waals surface area contributed by atoms with E-state index < -0.39 is 11.6 Å². The van der Waals surface area contributed by atoms with Crippen LogP contribution in [0, 0.1) is 11.6 Å². The van der Waals surface area contributed by atoms with Crippen LogP contribution in [-0.4, -0.2) is 41.7 Å². The summed E-state index contributed by atoms with van der Waals surface area (Å²) < 4.78 is 30.0. The molecule has 0 radical (unpaired) electrons. The first-order chi connectivity index (χ1) is 17.6. The lowest BCUT2D eigenvalue weighted by molar-refractivity contribution is 0.0908. The molecule has 5 aromatic rings. The average molecular weight is 483 g/mol. The number of para-hydroxylation sites is 1. The summed E-state index contributed by atoms with van der Waals surface area (Å²) in [7, 11) is 0. The van der Waals surface area contributed by atoms with Crippen LogP contribution in [-0.2, 0) is 0 Å². The monoisotopic (exact) mass is 483 g/mol. The summed E-state index contributed by atoms with van der Waals surface area (Å²) in [5.74, 6) is -0.203. The van der Waals surface area contributed by atoms with Crippen LogP contribution in [0.15, 0.2) is 73.2 Å². The molecule has 1 amide bonds. The molecule has 178 valence electrons. The van der Waals surface area contributed by atoms with Gasteiger partial charge >= 0.3 is 0 Å². The van der Waals surface area contributed by atoms with Crippen molar-refractivity contribution in [2.45, 2.75) is 24.8 Å². The van der Waals surface area contributed by atoms with Gasteiger partial charge in [0.05, 0.1) is 23.0 Å². The van der Waals surface area contributed by atoms with Gasteiger partial charge in [0.1, 0.15) is 28.7 Å². The number of amides is 1. The summed E-state index contributed by atoms with van der Waals surface area (Å²) in [5.41, 5.74) is 1.90. The van der Waals surface area contributed by atoms with Crippen LogP contribution < -0.4 is 5.32 Å². The van der Waals surface area contributed by atoms with Gasteiger partial charge < -0.3 is 5.32 Å². The van der Waals surface area contributed by atoms with E-state index in [2.05, 4.69) is 30.5 Å². The van der Waals surface area contributed by atoms with Gasteiger partial charge in [-0.1, -0.05) is 18.2 Å². The number of carbonyl (C=O) groups excluding carboxylic acids is 1. The second-order valence-electron chi connectivity index (χ2n) is 8.60. The summed E-state index contributed by atoms with van der Waals surface area (Å²) in [5, 5.41) is 11.7. The standard InChI is InChI=1S/C26H19F2N7O/c27-16-13-21-23(31-14-16)18(8-10-30-21)26(36)32-17-11-15(12-17)24-33-34-25(20-6-3-4-9-29-20)35(24)22-7-2-1-5-19(22)28/h1-10,13-15,17H,11-12H2,(H,32,36). The number of carbonyl (C=O) groups is 1. The number of halogens is 2. The lowest BCUT2D eigenvalue weighted by Gasteiger charge is -2.35. The fourth-order valence-electron chi connectivity index (χ4n) is 4.49. The van der Waals surface area contributed by atoms with Crippen LogP contribution in [0.25, 0.3) is 28.2 Å². The first-order valence-corrected chi connectivity index (χ1v) is 11.4. The molecule has 36 heavy (non-hydrogen) atoms.